The number of halogens is 2. The van der Waals surface area contributed by atoms with Crippen LogP contribution >= 0.6 is 23.4 Å². The molecule has 1 aliphatic heterocycles. The van der Waals surface area contributed by atoms with Gasteiger partial charge in [0.2, 0.25) is 0 Å². The van der Waals surface area contributed by atoms with Crippen LogP contribution in [0.15, 0.2) is 5.16 Å². The fourth-order valence-electron chi connectivity index (χ4n) is 5.30. The summed E-state index contributed by atoms with van der Waals surface area (Å²) in [5.74, 6) is 3.13. The SMILES string of the molecule is CSc1nc(N2CCOC[C@@](C)(O)C2)c2c(C#C[Si](C(C)C)(C(C)C)C(C)C)nc(Cl)c(F)c2n1. The average molecular weight is 539 g/mol. The molecule has 0 unspecified atom stereocenters. The van der Waals surface area contributed by atoms with Gasteiger partial charge in [-0.05, 0) is 29.8 Å². The number of pyridine rings is 1. The number of rotatable bonds is 5. The Balaban J connectivity index is 2.36. The topological polar surface area (TPSA) is 71.4 Å². The molecular weight excluding hydrogens is 503 g/mol. The molecule has 0 amide bonds. The number of fused-ring (bicyclic) bond motifs is 1. The zero-order valence-corrected chi connectivity index (χ0v) is 24.4. The third-order valence-electron chi connectivity index (χ3n) is 6.90. The predicted molar refractivity (Wildman–Crippen MR) is 146 cm³/mol. The number of hydrogen-bond acceptors (Lipinski definition) is 7. The fraction of sp³-hybridized carbons (Fsp3) is 0.640. The zero-order valence-electron chi connectivity index (χ0n) is 21.9. The van der Waals surface area contributed by atoms with E-state index < -0.39 is 19.5 Å². The first-order valence-corrected chi connectivity index (χ1v) is 15.9. The van der Waals surface area contributed by atoms with Crippen molar-refractivity contribution in [1.82, 2.24) is 15.0 Å². The minimum Gasteiger partial charge on any atom is -0.386 e. The molecule has 10 heteroatoms. The Kier molecular flexibility index (Phi) is 8.76. The molecule has 3 heterocycles. The van der Waals surface area contributed by atoms with E-state index in [9.17, 15) is 5.11 Å². The van der Waals surface area contributed by atoms with Crippen LogP contribution in [0, 0.1) is 17.3 Å². The Hall–Kier alpha value is -1.44. The highest BCUT2D eigenvalue weighted by molar-refractivity contribution is 7.98. The summed E-state index contributed by atoms with van der Waals surface area (Å²) in [5.41, 5.74) is 4.32. The summed E-state index contributed by atoms with van der Waals surface area (Å²) >= 11 is 7.57. The van der Waals surface area contributed by atoms with Crippen molar-refractivity contribution < 1.29 is 14.2 Å². The molecular formula is C25H36ClFN4O2SSi. The van der Waals surface area contributed by atoms with Crippen molar-refractivity contribution in [3.8, 4) is 11.5 Å². The van der Waals surface area contributed by atoms with E-state index in [2.05, 4.69) is 63.0 Å². The number of β-amino-alcohol motifs (C(OH)–C–C–N with tert-alkyl or cyclic N) is 1. The van der Waals surface area contributed by atoms with Crippen molar-refractivity contribution in [2.75, 3.05) is 37.5 Å². The lowest BCUT2D eigenvalue weighted by atomic mass is 10.1. The number of hydrogen-bond donors (Lipinski definition) is 1. The molecule has 0 bridgehead atoms. The molecule has 1 saturated heterocycles. The molecule has 1 atom stereocenters. The Morgan fingerprint density at radius 2 is 1.77 bits per heavy atom. The second-order valence-corrected chi connectivity index (χ2v) is 17.2. The maximum Gasteiger partial charge on any atom is 0.189 e. The number of ether oxygens (including phenoxy) is 1. The highest BCUT2D eigenvalue weighted by Crippen LogP contribution is 2.41. The molecule has 1 N–H and O–H groups in total. The van der Waals surface area contributed by atoms with E-state index in [4.69, 9.17) is 21.3 Å². The van der Waals surface area contributed by atoms with Crippen LogP contribution in [0.2, 0.25) is 21.8 Å². The third-order valence-corrected chi connectivity index (χ3v) is 14.0. The zero-order chi connectivity index (χ0) is 26.1. The number of thioether (sulfide) groups is 1. The molecule has 2 aromatic rings. The molecule has 0 radical (unpaired) electrons. The van der Waals surface area contributed by atoms with Crippen LogP contribution in [-0.2, 0) is 4.74 Å². The standard InChI is InChI=1S/C25H36ClFN4O2SSi/c1-15(2)35(16(3)4,17(5)6)12-9-18-19-21(20(27)22(26)28-18)29-24(34-8)30-23(19)31-10-11-33-14-25(7,32)13-31/h15-17,32H,10-11,13-14H2,1-8H3/t25-/m0/s1. The Bertz CT molecular complexity index is 1130. The maximum absolute atomic E-state index is 15.3. The van der Waals surface area contributed by atoms with E-state index in [1.807, 2.05) is 11.2 Å². The monoisotopic (exact) mass is 538 g/mol. The minimum atomic E-state index is -2.09. The summed E-state index contributed by atoms with van der Waals surface area (Å²) in [5, 5.41) is 11.4. The van der Waals surface area contributed by atoms with Crippen LogP contribution in [0.4, 0.5) is 10.2 Å². The summed E-state index contributed by atoms with van der Waals surface area (Å²) < 4.78 is 20.9. The molecule has 2 aromatic heterocycles. The molecule has 0 aliphatic carbocycles. The summed E-state index contributed by atoms with van der Waals surface area (Å²) in [6, 6.07) is 0. The lowest BCUT2D eigenvalue weighted by molar-refractivity contribution is -0.0123. The largest absolute Gasteiger partial charge is 0.386 e. The van der Waals surface area contributed by atoms with Gasteiger partial charge in [0.25, 0.3) is 0 Å². The van der Waals surface area contributed by atoms with Crippen LogP contribution in [0.1, 0.15) is 54.2 Å². The normalized spacial score (nSPS) is 19.4. The van der Waals surface area contributed by atoms with Crippen molar-refractivity contribution in [3.63, 3.8) is 0 Å². The first kappa shape index (κ1) is 28.1. The quantitative estimate of drug-likeness (QED) is 0.172. The van der Waals surface area contributed by atoms with Gasteiger partial charge in [0.1, 0.15) is 30.7 Å². The lowest BCUT2D eigenvalue weighted by Crippen LogP contribution is -2.43. The molecule has 1 aliphatic rings. The molecule has 0 aromatic carbocycles. The highest BCUT2D eigenvalue weighted by atomic mass is 35.5. The second-order valence-electron chi connectivity index (χ2n) is 10.4. The first-order valence-electron chi connectivity index (χ1n) is 12.0. The molecule has 6 nitrogen and oxygen atoms in total. The second kappa shape index (κ2) is 10.9. The lowest BCUT2D eigenvalue weighted by Gasteiger charge is -2.38. The number of nitrogens with zero attached hydrogens (tertiary/aromatic N) is 4. The molecule has 0 spiro atoms. The van der Waals surface area contributed by atoms with Gasteiger partial charge in [-0.15, -0.1) is 5.54 Å². The molecule has 3 rings (SSSR count). The van der Waals surface area contributed by atoms with Crippen LogP contribution in [-0.4, -0.2) is 66.3 Å². The van der Waals surface area contributed by atoms with E-state index >= 15 is 4.39 Å². The van der Waals surface area contributed by atoms with Crippen LogP contribution < -0.4 is 4.90 Å². The minimum absolute atomic E-state index is 0.0966. The van der Waals surface area contributed by atoms with E-state index in [-0.39, 0.29) is 23.8 Å². The summed E-state index contributed by atoms with van der Waals surface area (Å²) in [7, 11) is -2.09. The smallest absolute Gasteiger partial charge is 0.189 e. The van der Waals surface area contributed by atoms with Gasteiger partial charge in [0.15, 0.2) is 16.1 Å². The third kappa shape index (κ3) is 5.62. The summed E-state index contributed by atoms with van der Waals surface area (Å²) in [4.78, 5) is 15.5. The van der Waals surface area contributed by atoms with Crippen molar-refractivity contribution in [3.05, 3.63) is 16.7 Å². The van der Waals surface area contributed by atoms with Gasteiger partial charge in [0.05, 0.1) is 25.1 Å². The Morgan fingerprint density at radius 3 is 2.34 bits per heavy atom. The van der Waals surface area contributed by atoms with Crippen molar-refractivity contribution in [2.24, 2.45) is 0 Å². The number of anilines is 1. The average Bonchev–Trinajstić information content (AvgIpc) is 2.96. The Morgan fingerprint density at radius 1 is 1.14 bits per heavy atom. The number of aliphatic hydroxyl groups is 1. The van der Waals surface area contributed by atoms with Gasteiger partial charge in [-0.1, -0.05) is 70.8 Å². The molecule has 35 heavy (non-hydrogen) atoms. The van der Waals surface area contributed by atoms with E-state index in [0.29, 0.717) is 51.8 Å². The predicted octanol–water partition coefficient (Wildman–Crippen LogP) is 5.70. The van der Waals surface area contributed by atoms with Gasteiger partial charge in [-0.25, -0.2) is 19.3 Å². The number of aromatic nitrogens is 3. The van der Waals surface area contributed by atoms with Gasteiger partial charge < -0.3 is 14.7 Å². The molecule has 1 fully saturated rings. The van der Waals surface area contributed by atoms with Gasteiger partial charge in [-0.3, -0.25) is 0 Å². The van der Waals surface area contributed by atoms with Crippen molar-refractivity contribution >= 4 is 48.2 Å². The summed E-state index contributed by atoms with van der Waals surface area (Å²) in [6.45, 7) is 16.5. The molecule has 192 valence electrons. The van der Waals surface area contributed by atoms with Gasteiger partial charge in [-0.2, -0.15) is 0 Å². The molecule has 0 saturated carbocycles. The van der Waals surface area contributed by atoms with Crippen LogP contribution in [0.25, 0.3) is 10.9 Å². The van der Waals surface area contributed by atoms with E-state index in [1.165, 1.54) is 11.8 Å². The van der Waals surface area contributed by atoms with E-state index in [1.54, 1.807) is 6.92 Å². The Labute approximate surface area is 218 Å². The van der Waals surface area contributed by atoms with Crippen LogP contribution in [0.3, 0.4) is 0 Å². The van der Waals surface area contributed by atoms with Crippen molar-refractivity contribution in [1.29, 1.82) is 0 Å². The fourth-order valence-corrected chi connectivity index (χ4v) is 11.0. The van der Waals surface area contributed by atoms with Crippen molar-refractivity contribution in [2.45, 2.75) is 75.8 Å². The van der Waals surface area contributed by atoms with Gasteiger partial charge >= 0.3 is 0 Å². The van der Waals surface area contributed by atoms with Gasteiger partial charge in [0, 0.05) is 6.54 Å². The van der Waals surface area contributed by atoms with E-state index in [0.717, 1.165) is 0 Å². The maximum atomic E-state index is 15.3. The highest BCUT2D eigenvalue weighted by Gasteiger charge is 2.42. The first-order chi connectivity index (χ1) is 16.3. The van der Waals surface area contributed by atoms with Crippen LogP contribution in [0.5, 0.6) is 0 Å². The summed E-state index contributed by atoms with van der Waals surface area (Å²) in [6.07, 6.45) is 1.84.